The number of carbonyl (C=O) groups is 2. The lowest BCUT2D eigenvalue weighted by Crippen LogP contribution is -2.33. The largest absolute Gasteiger partial charge is 0.294 e. The minimum Gasteiger partial charge on any atom is -0.294 e. The molecule has 0 spiro atoms. The van der Waals surface area contributed by atoms with Crippen LogP contribution in [0.15, 0.2) is 83.8 Å². The highest BCUT2D eigenvalue weighted by molar-refractivity contribution is 7.92. The monoisotopic (exact) mass is 406 g/mol. The van der Waals surface area contributed by atoms with Crippen molar-refractivity contribution in [3.63, 3.8) is 0 Å². The van der Waals surface area contributed by atoms with Crippen LogP contribution < -0.4 is 0 Å². The summed E-state index contributed by atoms with van der Waals surface area (Å²) in [7, 11) is -4.05. The Hall–Kier alpha value is -3.05. The number of sulfone groups is 1. The third-order valence-electron chi connectivity index (χ3n) is 4.82. The van der Waals surface area contributed by atoms with Gasteiger partial charge in [-0.1, -0.05) is 77.9 Å². The maximum Gasteiger partial charge on any atom is 0.189 e. The summed E-state index contributed by atoms with van der Waals surface area (Å²) in [6.45, 7) is 3.73. The fourth-order valence-electron chi connectivity index (χ4n) is 3.05. The van der Waals surface area contributed by atoms with Gasteiger partial charge in [0.05, 0.1) is 4.90 Å². The van der Waals surface area contributed by atoms with E-state index in [1.54, 1.807) is 66.7 Å². The standard InChI is InChI=1S/C24H22O4S/c1-17-8-12-20(13-9-17)24(26)23(16-22(25)19-6-4-3-5-7-19)29(27,28)21-14-10-18(2)11-15-21/h3-15,23H,16H2,1-2H3/t23-/m0/s1. The van der Waals surface area contributed by atoms with Crippen molar-refractivity contribution in [2.75, 3.05) is 0 Å². The summed E-state index contributed by atoms with van der Waals surface area (Å²) >= 11 is 0. The number of carbonyl (C=O) groups excluding carboxylic acids is 2. The van der Waals surface area contributed by atoms with Gasteiger partial charge < -0.3 is 0 Å². The van der Waals surface area contributed by atoms with Gasteiger partial charge in [0, 0.05) is 17.5 Å². The second-order valence-electron chi connectivity index (χ2n) is 7.07. The number of ketones is 2. The molecule has 3 rings (SSSR count). The van der Waals surface area contributed by atoms with Crippen molar-refractivity contribution in [3.8, 4) is 0 Å². The van der Waals surface area contributed by atoms with Crippen LogP contribution in [0.1, 0.15) is 38.3 Å². The van der Waals surface area contributed by atoms with Gasteiger partial charge in [-0.25, -0.2) is 8.42 Å². The van der Waals surface area contributed by atoms with Crippen molar-refractivity contribution in [1.82, 2.24) is 0 Å². The van der Waals surface area contributed by atoms with E-state index in [9.17, 15) is 18.0 Å². The predicted octanol–water partition coefficient (Wildman–Crippen LogP) is 4.60. The average Bonchev–Trinajstić information content (AvgIpc) is 2.72. The molecule has 3 aromatic carbocycles. The Morgan fingerprint density at radius 3 is 1.79 bits per heavy atom. The van der Waals surface area contributed by atoms with Gasteiger partial charge in [0.1, 0.15) is 5.25 Å². The van der Waals surface area contributed by atoms with Crippen LogP contribution in [-0.4, -0.2) is 25.2 Å². The van der Waals surface area contributed by atoms with Gasteiger partial charge >= 0.3 is 0 Å². The van der Waals surface area contributed by atoms with E-state index in [4.69, 9.17) is 0 Å². The van der Waals surface area contributed by atoms with E-state index in [1.807, 2.05) is 13.8 Å². The van der Waals surface area contributed by atoms with E-state index in [-0.39, 0.29) is 16.2 Å². The van der Waals surface area contributed by atoms with Gasteiger partial charge in [-0.15, -0.1) is 0 Å². The Bertz CT molecular complexity index is 1110. The molecule has 0 aliphatic rings. The Morgan fingerprint density at radius 1 is 0.724 bits per heavy atom. The molecule has 1 atom stereocenters. The summed E-state index contributed by atoms with van der Waals surface area (Å²) in [6, 6.07) is 21.4. The molecule has 5 heteroatoms. The van der Waals surface area contributed by atoms with Crippen molar-refractivity contribution < 1.29 is 18.0 Å². The summed E-state index contributed by atoms with van der Waals surface area (Å²) in [5.41, 5.74) is 2.52. The number of Topliss-reactive ketones (excluding diaryl/α,β-unsaturated/α-hetero) is 2. The minimum absolute atomic E-state index is 0.0365. The van der Waals surface area contributed by atoms with Crippen LogP contribution >= 0.6 is 0 Å². The Kier molecular flexibility index (Phi) is 6.09. The number of benzene rings is 3. The maximum absolute atomic E-state index is 13.3. The van der Waals surface area contributed by atoms with Gasteiger partial charge in [-0.05, 0) is 26.0 Å². The lowest BCUT2D eigenvalue weighted by molar-refractivity contribution is 0.0920. The zero-order valence-corrected chi connectivity index (χ0v) is 17.1. The first-order chi connectivity index (χ1) is 13.8. The maximum atomic E-state index is 13.3. The van der Waals surface area contributed by atoms with Crippen LogP contribution in [0.2, 0.25) is 0 Å². The van der Waals surface area contributed by atoms with Gasteiger partial charge in [0.15, 0.2) is 21.4 Å². The lowest BCUT2D eigenvalue weighted by atomic mass is 10.0. The molecule has 0 aromatic heterocycles. The highest BCUT2D eigenvalue weighted by Gasteiger charge is 2.36. The summed E-state index contributed by atoms with van der Waals surface area (Å²) in [6.07, 6.45) is -0.410. The molecule has 29 heavy (non-hydrogen) atoms. The second-order valence-corrected chi connectivity index (χ2v) is 9.20. The first-order valence-corrected chi connectivity index (χ1v) is 10.8. The molecule has 0 fully saturated rings. The molecular weight excluding hydrogens is 384 g/mol. The molecule has 0 bridgehead atoms. The fourth-order valence-corrected chi connectivity index (χ4v) is 4.68. The molecule has 148 valence electrons. The molecule has 0 aliphatic heterocycles. The zero-order chi connectivity index (χ0) is 21.0. The zero-order valence-electron chi connectivity index (χ0n) is 16.3. The van der Waals surface area contributed by atoms with E-state index in [2.05, 4.69) is 0 Å². The summed E-state index contributed by atoms with van der Waals surface area (Å²) in [5, 5.41) is -1.49. The van der Waals surface area contributed by atoms with E-state index in [1.165, 1.54) is 12.1 Å². The van der Waals surface area contributed by atoms with E-state index < -0.39 is 27.3 Å². The van der Waals surface area contributed by atoms with Crippen LogP contribution in [0.4, 0.5) is 0 Å². The Balaban J connectivity index is 2.03. The molecule has 3 aromatic rings. The van der Waals surface area contributed by atoms with Gasteiger partial charge in [-0.2, -0.15) is 0 Å². The molecule has 0 aliphatic carbocycles. The predicted molar refractivity (Wildman–Crippen MR) is 113 cm³/mol. The first-order valence-electron chi connectivity index (χ1n) is 9.29. The smallest absolute Gasteiger partial charge is 0.189 e. The third kappa shape index (κ3) is 4.69. The molecule has 0 N–H and O–H groups in total. The van der Waals surface area contributed by atoms with Crippen molar-refractivity contribution in [1.29, 1.82) is 0 Å². The third-order valence-corrected chi connectivity index (χ3v) is 6.88. The Morgan fingerprint density at radius 2 is 1.24 bits per heavy atom. The van der Waals surface area contributed by atoms with Crippen molar-refractivity contribution >= 4 is 21.4 Å². The fraction of sp³-hybridized carbons (Fsp3) is 0.167. The van der Waals surface area contributed by atoms with Crippen LogP contribution in [0.25, 0.3) is 0 Å². The topological polar surface area (TPSA) is 68.3 Å². The summed E-state index contributed by atoms with van der Waals surface area (Å²) in [5.74, 6) is -0.957. The molecule has 0 heterocycles. The number of rotatable bonds is 7. The summed E-state index contributed by atoms with van der Waals surface area (Å²) in [4.78, 5) is 26.0. The highest BCUT2D eigenvalue weighted by atomic mass is 32.2. The quantitative estimate of drug-likeness (QED) is 0.538. The van der Waals surface area contributed by atoms with Crippen molar-refractivity contribution in [2.45, 2.75) is 30.4 Å². The van der Waals surface area contributed by atoms with Gasteiger partial charge in [-0.3, -0.25) is 9.59 Å². The van der Waals surface area contributed by atoms with E-state index in [0.717, 1.165) is 11.1 Å². The highest BCUT2D eigenvalue weighted by Crippen LogP contribution is 2.24. The normalized spacial score (nSPS) is 12.3. The molecule has 0 saturated heterocycles. The van der Waals surface area contributed by atoms with Crippen LogP contribution in [0.5, 0.6) is 0 Å². The van der Waals surface area contributed by atoms with Crippen LogP contribution in [0.3, 0.4) is 0 Å². The van der Waals surface area contributed by atoms with E-state index in [0.29, 0.717) is 5.56 Å². The summed E-state index contributed by atoms with van der Waals surface area (Å²) < 4.78 is 26.6. The molecule has 0 unspecified atom stereocenters. The van der Waals surface area contributed by atoms with Crippen molar-refractivity contribution in [2.24, 2.45) is 0 Å². The minimum atomic E-state index is -4.05. The van der Waals surface area contributed by atoms with E-state index >= 15 is 0 Å². The lowest BCUT2D eigenvalue weighted by Gasteiger charge is -2.17. The Labute approximate surface area is 171 Å². The molecule has 0 amide bonds. The molecule has 0 radical (unpaired) electrons. The van der Waals surface area contributed by atoms with Crippen LogP contribution in [0, 0.1) is 13.8 Å². The van der Waals surface area contributed by atoms with Crippen LogP contribution in [-0.2, 0) is 9.84 Å². The first kappa shape index (κ1) is 20.7. The second kappa shape index (κ2) is 8.53. The molecule has 4 nitrogen and oxygen atoms in total. The average molecular weight is 407 g/mol. The van der Waals surface area contributed by atoms with Gasteiger partial charge in [0.2, 0.25) is 0 Å². The number of hydrogen-bond acceptors (Lipinski definition) is 4. The SMILES string of the molecule is Cc1ccc(C(=O)[C@H](CC(=O)c2ccccc2)S(=O)(=O)c2ccc(C)cc2)cc1. The number of aryl methyl sites for hydroxylation is 2. The molecular formula is C24H22O4S. The number of hydrogen-bond donors (Lipinski definition) is 0. The van der Waals surface area contributed by atoms with Gasteiger partial charge in [0.25, 0.3) is 0 Å². The molecule has 0 saturated carbocycles. The van der Waals surface area contributed by atoms with Crippen molar-refractivity contribution in [3.05, 3.63) is 101 Å².